The van der Waals surface area contributed by atoms with Crippen molar-refractivity contribution in [2.75, 3.05) is 26.3 Å². The highest BCUT2D eigenvalue weighted by atomic mass is 16.5. The number of hydrogen-bond donors (Lipinski definition) is 1. The van der Waals surface area contributed by atoms with Crippen LogP contribution in [0.3, 0.4) is 0 Å². The summed E-state index contributed by atoms with van der Waals surface area (Å²) in [4.78, 5) is 6.67. The molecule has 0 bridgehead atoms. The van der Waals surface area contributed by atoms with Gasteiger partial charge in [0, 0.05) is 19.1 Å². The summed E-state index contributed by atoms with van der Waals surface area (Å²) in [6.07, 6.45) is 2.43. The predicted molar refractivity (Wildman–Crippen MR) is 65.4 cm³/mol. The van der Waals surface area contributed by atoms with Gasteiger partial charge in [0.15, 0.2) is 5.96 Å². The van der Waals surface area contributed by atoms with Crippen LogP contribution in [0.1, 0.15) is 26.7 Å². The molecule has 0 aromatic carbocycles. The summed E-state index contributed by atoms with van der Waals surface area (Å²) in [6, 6.07) is 0.475. The number of hydrogen-bond acceptors (Lipinski definition) is 4. The number of nitrogens with two attached hydrogens (primary N) is 1. The van der Waals surface area contributed by atoms with E-state index >= 15 is 0 Å². The lowest BCUT2D eigenvalue weighted by atomic mass is 9.93. The molecule has 0 saturated carbocycles. The molecule has 2 rings (SSSR count). The first kappa shape index (κ1) is 11.7. The molecule has 16 heavy (non-hydrogen) atoms. The molecule has 2 atom stereocenters. The van der Waals surface area contributed by atoms with E-state index in [0.29, 0.717) is 17.9 Å². The highest BCUT2D eigenvalue weighted by molar-refractivity contribution is 5.80. The number of ether oxygens (including phenoxy) is 1. The van der Waals surface area contributed by atoms with Gasteiger partial charge in [-0.05, 0) is 18.8 Å². The van der Waals surface area contributed by atoms with Crippen LogP contribution >= 0.6 is 0 Å². The van der Waals surface area contributed by atoms with Gasteiger partial charge in [-0.15, -0.1) is 0 Å². The number of guanidine groups is 1. The Bertz CT molecular complexity index is 259. The van der Waals surface area contributed by atoms with E-state index < -0.39 is 0 Å². The summed E-state index contributed by atoms with van der Waals surface area (Å²) in [7, 11) is 0. The lowest BCUT2D eigenvalue weighted by molar-refractivity contribution is 0.0272. The second kappa shape index (κ2) is 5.04. The van der Waals surface area contributed by atoms with Crippen molar-refractivity contribution in [3.05, 3.63) is 0 Å². The van der Waals surface area contributed by atoms with E-state index in [9.17, 15) is 0 Å². The SMILES string of the molecule is CC(C)CN1C(N)=NCC1C1CCCOC1. The van der Waals surface area contributed by atoms with Crippen molar-refractivity contribution in [2.24, 2.45) is 22.6 Å². The Morgan fingerprint density at radius 3 is 3.00 bits per heavy atom. The normalized spacial score (nSPS) is 30.9. The van der Waals surface area contributed by atoms with Crippen molar-refractivity contribution in [3.63, 3.8) is 0 Å². The molecule has 2 aliphatic heterocycles. The van der Waals surface area contributed by atoms with Crippen molar-refractivity contribution in [1.82, 2.24) is 4.90 Å². The van der Waals surface area contributed by atoms with Crippen molar-refractivity contribution >= 4 is 5.96 Å². The van der Waals surface area contributed by atoms with Gasteiger partial charge in [-0.2, -0.15) is 0 Å². The third kappa shape index (κ3) is 2.48. The summed E-state index contributed by atoms with van der Waals surface area (Å²) < 4.78 is 5.56. The molecule has 92 valence electrons. The van der Waals surface area contributed by atoms with E-state index in [2.05, 4.69) is 23.7 Å². The molecule has 2 heterocycles. The third-order valence-corrected chi connectivity index (χ3v) is 3.44. The minimum absolute atomic E-state index is 0.475. The van der Waals surface area contributed by atoms with Crippen LogP contribution in [-0.2, 0) is 4.74 Å². The van der Waals surface area contributed by atoms with Crippen LogP contribution < -0.4 is 5.73 Å². The zero-order valence-corrected chi connectivity index (χ0v) is 10.4. The maximum absolute atomic E-state index is 5.96. The van der Waals surface area contributed by atoms with Crippen LogP contribution in [0.25, 0.3) is 0 Å². The van der Waals surface area contributed by atoms with Gasteiger partial charge in [-0.3, -0.25) is 4.99 Å². The molecule has 0 aromatic rings. The summed E-state index contributed by atoms with van der Waals surface area (Å²) in [5.74, 6) is 1.96. The standard InChI is InChI=1S/C12H23N3O/c1-9(2)7-15-11(6-14-12(15)13)10-4-3-5-16-8-10/h9-11H,3-8H2,1-2H3,(H2,13,14). The minimum atomic E-state index is 0.475. The second-order valence-electron chi connectivity index (χ2n) is 5.29. The highest BCUT2D eigenvalue weighted by Crippen LogP contribution is 2.25. The number of nitrogens with zero attached hydrogens (tertiary/aromatic N) is 2. The molecule has 0 aliphatic carbocycles. The highest BCUT2D eigenvalue weighted by Gasteiger charge is 2.34. The molecule has 4 nitrogen and oxygen atoms in total. The summed E-state index contributed by atoms with van der Waals surface area (Å²) >= 11 is 0. The molecular formula is C12H23N3O. The lowest BCUT2D eigenvalue weighted by Gasteiger charge is -2.35. The largest absolute Gasteiger partial charge is 0.381 e. The molecule has 2 aliphatic rings. The average Bonchev–Trinajstić information content (AvgIpc) is 2.61. The zero-order chi connectivity index (χ0) is 11.5. The molecule has 0 aromatic heterocycles. The van der Waals surface area contributed by atoms with E-state index in [-0.39, 0.29) is 0 Å². The molecule has 4 heteroatoms. The van der Waals surface area contributed by atoms with Crippen LogP contribution in [0, 0.1) is 11.8 Å². The summed E-state index contributed by atoms with van der Waals surface area (Å²) in [5.41, 5.74) is 5.96. The third-order valence-electron chi connectivity index (χ3n) is 3.44. The molecule has 1 saturated heterocycles. The maximum Gasteiger partial charge on any atom is 0.191 e. The molecule has 1 fully saturated rings. The monoisotopic (exact) mass is 225 g/mol. The average molecular weight is 225 g/mol. The van der Waals surface area contributed by atoms with Crippen molar-refractivity contribution in [1.29, 1.82) is 0 Å². The van der Waals surface area contributed by atoms with Crippen molar-refractivity contribution in [2.45, 2.75) is 32.7 Å². The Morgan fingerprint density at radius 2 is 2.38 bits per heavy atom. The van der Waals surface area contributed by atoms with Gasteiger partial charge in [-0.25, -0.2) is 0 Å². The van der Waals surface area contributed by atoms with Gasteiger partial charge in [0.2, 0.25) is 0 Å². The Morgan fingerprint density at radius 1 is 1.56 bits per heavy atom. The predicted octanol–water partition coefficient (Wildman–Crippen LogP) is 1.07. The van der Waals surface area contributed by atoms with Crippen LogP contribution in [0.4, 0.5) is 0 Å². The Kier molecular flexibility index (Phi) is 3.69. The van der Waals surface area contributed by atoms with Gasteiger partial charge in [0.25, 0.3) is 0 Å². The van der Waals surface area contributed by atoms with E-state index in [1.165, 1.54) is 12.8 Å². The first-order valence-corrected chi connectivity index (χ1v) is 6.32. The molecule has 2 unspecified atom stereocenters. The first-order valence-electron chi connectivity index (χ1n) is 6.32. The summed E-state index contributed by atoms with van der Waals surface area (Å²) in [6.45, 7) is 8.11. The molecule has 0 radical (unpaired) electrons. The van der Waals surface area contributed by atoms with Crippen LogP contribution in [0.2, 0.25) is 0 Å². The van der Waals surface area contributed by atoms with Crippen molar-refractivity contribution in [3.8, 4) is 0 Å². The van der Waals surface area contributed by atoms with Crippen molar-refractivity contribution < 1.29 is 4.74 Å². The fourth-order valence-electron chi connectivity index (χ4n) is 2.64. The van der Waals surface area contributed by atoms with Gasteiger partial charge in [-0.1, -0.05) is 13.8 Å². The Labute approximate surface area is 97.9 Å². The Balaban J connectivity index is 1.97. The fraction of sp³-hybridized carbons (Fsp3) is 0.917. The zero-order valence-electron chi connectivity index (χ0n) is 10.4. The van der Waals surface area contributed by atoms with Gasteiger partial charge in [0.05, 0.1) is 19.2 Å². The quantitative estimate of drug-likeness (QED) is 0.781. The molecular weight excluding hydrogens is 202 g/mol. The maximum atomic E-state index is 5.96. The topological polar surface area (TPSA) is 50.8 Å². The smallest absolute Gasteiger partial charge is 0.191 e. The van der Waals surface area contributed by atoms with Gasteiger partial charge >= 0.3 is 0 Å². The van der Waals surface area contributed by atoms with Crippen LogP contribution in [0.5, 0.6) is 0 Å². The molecule has 0 amide bonds. The van der Waals surface area contributed by atoms with Crippen LogP contribution in [-0.4, -0.2) is 43.2 Å². The molecule has 2 N–H and O–H groups in total. The van der Waals surface area contributed by atoms with E-state index in [1.54, 1.807) is 0 Å². The van der Waals surface area contributed by atoms with E-state index in [0.717, 1.165) is 32.3 Å². The number of aliphatic imine (C=N–C) groups is 1. The minimum Gasteiger partial charge on any atom is -0.381 e. The summed E-state index contributed by atoms with van der Waals surface area (Å²) in [5, 5.41) is 0. The first-order chi connectivity index (χ1) is 7.68. The fourth-order valence-corrected chi connectivity index (χ4v) is 2.64. The van der Waals surface area contributed by atoms with Gasteiger partial charge < -0.3 is 15.4 Å². The van der Waals surface area contributed by atoms with Gasteiger partial charge in [0.1, 0.15) is 0 Å². The number of rotatable bonds is 3. The molecule has 0 spiro atoms. The lowest BCUT2D eigenvalue weighted by Crippen LogP contribution is -2.48. The second-order valence-corrected chi connectivity index (χ2v) is 5.29. The Hall–Kier alpha value is -0.770. The van der Waals surface area contributed by atoms with Crippen LogP contribution in [0.15, 0.2) is 4.99 Å². The van der Waals surface area contributed by atoms with E-state index in [4.69, 9.17) is 10.5 Å². The van der Waals surface area contributed by atoms with E-state index in [1.807, 2.05) is 0 Å².